The zero-order chi connectivity index (χ0) is 9.14. The Kier molecular flexibility index (Phi) is 3.21. The van der Waals surface area contributed by atoms with E-state index in [0.717, 1.165) is 5.03 Å². The van der Waals surface area contributed by atoms with Crippen LogP contribution in [0.25, 0.3) is 0 Å². The highest BCUT2D eigenvalue weighted by Crippen LogP contribution is 2.23. The Morgan fingerprint density at radius 1 is 1.58 bits per heavy atom. The van der Waals surface area contributed by atoms with Crippen molar-refractivity contribution in [3.8, 4) is 0 Å². The lowest BCUT2D eigenvalue weighted by Crippen LogP contribution is -2.30. The van der Waals surface area contributed by atoms with E-state index in [1.54, 1.807) is 0 Å². The van der Waals surface area contributed by atoms with Crippen LogP contribution in [-0.2, 0) is 0 Å². The van der Waals surface area contributed by atoms with Crippen molar-refractivity contribution in [1.82, 2.24) is 4.90 Å². The van der Waals surface area contributed by atoms with Gasteiger partial charge in [-0.15, -0.1) is 0 Å². The maximum Gasteiger partial charge on any atom is 0.0592 e. The monoisotopic (exact) mass is 185 g/mol. The molecule has 0 N–H and O–H groups in total. The fraction of sp³-hybridized carbons (Fsp3) is 0.600. The molecule has 1 rings (SSSR count). The minimum absolute atomic E-state index is 0.539. The van der Waals surface area contributed by atoms with Gasteiger partial charge in [0, 0.05) is 18.8 Å². The first-order valence-corrected chi connectivity index (χ1v) is 4.82. The van der Waals surface area contributed by atoms with Crippen molar-refractivity contribution >= 4 is 11.6 Å². The number of hydrogen-bond donors (Lipinski definition) is 0. The molecule has 1 aliphatic heterocycles. The van der Waals surface area contributed by atoms with Gasteiger partial charge in [0.1, 0.15) is 0 Å². The second kappa shape index (κ2) is 3.99. The minimum atomic E-state index is 0.539. The summed E-state index contributed by atoms with van der Waals surface area (Å²) in [4.78, 5) is 2.24. The lowest BCUT2D eigenvalue weighted by molar-refractivity contribution is 0.329. The summed E-state index contributed by atoms with van der Waals surface area (Å²) in [7, 11) is 2.10. The van der Waals surface area contributed by atoms with E-state index in [2.05, 4.69) is 31.9 Å². The maximum atomic E-state index is 5.98. The van der Waals surface area contributed by atoms with E-state index in [0.29, 0.717) is 6.04 Å². The second-order valence-corrected chi connectivity index (χ2v) is 3.67. The standard InChI is InChI=1S/C10H16ClN/c1-4-5-9-6-7-10(11)8(2)12(9)3/h6-7,9H,4-5H2,1-3H3. The molecule has 0 aromatic carbocycles. The molecule has 2 heteroatoms. The predicted molar refractivity (Wildman–Crippen MR) is 54.2 cm³/mol. The second-order valence-electron chi connectivity index (χ2n) is 3.26. The number of halogens is 1. The van der Waals surface area contributed by atoms with Gasteiger partial charge in [-0.2, -0.15) is 0 Å². The average molecular weight is 186 g/mol. The van der Waals surface area contributed by atoms with E-state index in [9.17, 15) is 0 Å². The average Bonchev–Trinajstić information content (AvgIpc) is 2.07. The first-order chi connectivity index (χ1) is 5.66. The number of likely N-dealkylation sites (N-methyl/N-ethyl adjacent to an activating group) is 1. The van der Waals surface area contributed by atoms with Gasteiger partial charge in [0.2, 0.25) is 0 Å². The normalized spacial score (nSPS) is 23.7. The third-order valence-electron chi connectivity index (χ3n) is 2.42. The molecule has 0 amide bonds. The smallest absolute Gasteiger partial charge is 0.0592 e. The van der Waals surface area contributed by atoms with Crippen LogP contribution in [0.4, 0.5) is 0 Å². The fourth-order valence-electron chi connectivity index (χ4n) is 1.45. The van der Waals surface area contributed by atoms with Crippen LogP contribution in [0.1, 0.15) is 26.7 Å². The SMILES string of the molecule is CCCC1C=CC(Cl)=C(C)N1C. The molecule has 0 saturated carbocycles. The molecule has 1 atom stereocenters. The molecule has 1 aliphatic rings. The van der Waals surface area contributed by atoms with Crippen LogP contribution in [0.3, 0.4) is 0 Å². The fourth-order valence-corrected chi connectivity index (χ4v) is 1.65. The van der Waals surface area contributed by atoms with Gasteiger partial charge in [-0.3, -0.25) is 0 Å². The van der Waals surface area contributed by atoms with Gasteiger partial charge in [-0.05, 0) is 19.4 Å². The number of rotatable bonds is 2. The largest absolute Gasteiger partial charge is 0.370 e. The summed E-state index contributed by atoms with van der Waals surface area (Å²) >= 11 is 5.98. The summed E-state index contributed by atoms with van der Waals surface area (Å²) in [6.07, 6.45) is 6.61. The Morgan fingerprint density at radius 2 is 2.25 bits per heavy atom. The molecule has 0 bridgehead atoms. The van der Waals surface area contributed by atoms with Crippen LogP contribution < -0.4 is 0 Å². The summed E-state index contributed by atoms with van der Waals surface area (Å²) in [5.74, 6) is 0. The molecular formula is C10H16ClN. The number of allylic oxidation sites excluding steroid dienone is 3. The molecule has 0 saturated heterocycles. The van der Waals surface area contributed by atoms with Gasteiger partial charge in [0.05, 0.1) is 5.03 Å². The first kappa shape index (κ1) is 9.66. The molecule has 12 heavy (non-hydrogen) atoms. The van der Waals surface area contributed by atoms with Crippen molar-refractivity contribution in [2.75, 3.05) is 7.05 Å². The van der Waals surface area contributed by atoms with E-state index in [4.69, 9.17) is 11.6 Å². The topological polar surface area (TPSA) is 3.24 Å². The van der Waals surface area contributed by atoms with Crippen LogP contribution in [0.2, 0.25) is 0 Å². The molecular weight excluding hydrogens is 170 g/mol. The lowest BCUT2D eigenvalue weighted by Gasteiger charge is -2.31. The number of nitrogens with zero attached hydrogens (tertiary/aromatic N) is 1. The molecule has 0 aliphatic carbocycles. The third-order valence-corrected chi connectivity index (χ3v) is 2.82. The van der Waals surface area contributed by atoms with Gasteiger partial charge < -0.3 is 4.90 Å². The van der Waals surface area contributed by atoms with Crippen molar-refractivity contribution < 1.29 is 0 Å². The molecule has 1 nitrogen and oxygen atoms in total. The lowest BCUT2D eigenvalue weighted by atomic mass is 10.1. The maximum absolute atomic E-state index is 5.98. The summed E-state index contributed by atoms with van der Waals surface area (Å²) in [6.45, 7) is 4.27. The van der Waals surface area contributed by atoms with Gasteiger partial charge in [0.25, 0.3) is 0 Å². The highest BCUT2D eigenvalue weighted by Gasteiger charge is 2.16. The van der Waals surface area contributed by atoms with E-state index in [-0.39, 0.29) is 0 Å². The quantitative estimate of drug-likeness (QED) is 0.639. The molecule has 1 unspecified atom stereocenters. The first-order valence-electron chi connectivity index (χ1n) is 4.44. The van der Waals surface area contributed by atoms with Gasteiger partial charge in [-0.1, -0.05) is 31.0 Å². The summed E-state index contributed by atoms with van der Waals surface area (Å²) in [5, 5.41) is 0.866. The molecule has 0 aromatic heterocycles. The van der Waals surface area contributed by atoms with E-state index in [1.165, 1.54) is 18.5 Å². The minimum Gasteiger partial charge on any atom is -0.370 e. The van der Waals surface area contributed by atoms with Crippen molar-refractivity contribution in [1.29, 1.82) is 0 Å². The summed E-state index contributed by atoms with van der Waals surface area (Å²) in [6, 6.07) is 0.539. The predicted octanol–water partition coefficient (Wildman–Crippen LogP) is 3.13. The molecule has 0 aromatic rings. The Hall–Kier alpha value is -0.430. The Bertz CT molecular complexity index is 218. The van der Waals surface area contributed by atoms with Gasteiger partial charge in [-0.25, -0.2) is 0 Å². The molecule has 0 spiro atoms. The van der Waals surface area contributed by atoms with E-state index in [1.807, 2.05) is 6.08 Å². The van der Waals surface area contributed by atoms with Crippen molar-refractivity contribution in [2.24, 2.45) is 0 Å². The van der Waals surface area contributed by atoms with Gasteiger partial charge >= 0.3 is 0 Å². The van der Waals surface area contributed by atoms with Crippen molar-refractivity contribution in [2.45, 2.75) is 32.7 Å². The molecule has 1 heterocycles. The summed E-state index contributed by atoms with van der Waals surface area (Å²) < 4.78 is 0. The number of hydrogen-bond acceptors (Lipinski definition) is 1. The molecule has 0 fully saturated rings. The van der Waals surface area contributed by atoms with Crippen molar-refractivity contribution in [3.63, 3.8) is 0 Å². The van der Waals surface area contributed by atoms with Gasteiger partial charge in [0.15, 0.2) is 0 Å². The van der Waals surface area contributed by atoms with E-state index >= 15 is 0 Å². The Morgan fingerprint density at radius 3 is 2.83 bits per heavy atom. The van der Waals surface area contributed by atoms with Crippen LogP contribution in [0.5, 0.6) is 0 Å². The van der Waals surface area contributed by atoms with Crippen LogP contribution in [0.15, 0.2) is 22.9 Å². The molecule has 68 valence electrons. The Labute approximate surface area is 79.7 Å². The molecule has 0 radical (unpaired) electrons. The zero-order valence-corrected chi connectivity index (χ0v) is 8.73. The summed E-state index contributed by atoms with van der Waals surface area (Å²) in [5.41, 5.74) is 1.18. The highest BCUT2D eigenvalue weighted by molar-refractivity contribution is 6.31. The van der Waals surface area contributed by atoms with Crippen molar-refractivity contribution in [3.05, 3.63) is 22.9 Å². The highest BCUT2D eigenvalue weighted by atomic mass is 35.5. The third kappa shape index (κ3) is 1.84. The Balaban J connectivity index is 2.71. The van der Waals surface area contributed by atoms with Crippen LogP contribution in [0, 0.1) is 0 Å². The van der Waals surface area contributed by atoms with Crippen LogP contribution >= 0.6 is 11.6 Å². The zero-order valence-electron chi connectivity index (χ0n) is 7.97. The van der Waals surface area contributed by atoms with Crippen LogP contribution in [-0.4, -0.2) is 18.0 Å². The van der Waals surface area contributed by atoms with E-state index < -0.39 is 0 Å².